The molecule has 1 heterocycles. The minimum atomic E-state index is -0.588. The van der Waals surface area contributed by atoms with Gasteiger partial charge in [-0.25, -0.2) is 4.98 Å². The van der Waals surface area contributed by atoms with Crippen LogP contribution in [0.2, 0.25) is 15.2 Å². The summed E-state index contributed by atoms with van der Waals surface area (Å²) in [5, 5.41) is 11.3. The number of aromatic nitrogens is 1. The molecule has 2 rings (SSSR count). The third-order valence-corrected chi connectivity index (χ3v) is 3.01. The normalized spacial score (nSPS) is 10.3. The Morgan fingerprint density at radius 3 is 2.47 bits per heavy atom. The number of rotatable bonds is 3. The first-order valence-corrected chi connectivity index (χ1v) is 6.04. The second-order valence-electron chi connectivity index (χ2n) is 3.42. The van der Waals surface area contributed by atoms with Crippen molar-refractivity contribution < 1.29 is 9.66 Å². The van der Waals surface area contributed by atoms with Crippen molar-refractivity contribution in [3.05, 3.63) is 55.6 Å². The highest BCUT2D eigenvalue weighted by Gasteiger charge is 2.12. The molecule has 98 valence electrons. The lowest BCUT2D eigenvalue weighted by molar-refractivity contribution is -0.385. The number of hydrogen-bond donors (Lipinski definition) is 0. The van der Waals surface area contributed by atoms with E-state index in [4.69, 9.17) is 39.5 Å². The Balaban J connectivity index is 2.32. The Hall–Kier alpha value is -1.56. The van der Waals surface area contributed by atoms with Gasteiger partial charge in [-0.1, -0.05) is 34.8 Å². The Morgan fingerprint density at radius 2 is 1.84 bits per heavy atom. The first-order valence-electron chi connectivity index (χ1n) is 4.90. The standard InChI is InChI=1S/C11H5Cl3N2O3/c12-8-2-1-7(5-9(8)13)19-11-4-6(16(17)18)3-10(14)15-11/h1-5H. The van der Waals surface area contributed by atoms with Gasteiger partial charge in [0.05, 0.1) is 27.1 Å². The molecule has 1 aromatic heterocycles. The Labute approximate surface area is 122 Å². The Morgan fingerprint density at radius 1 is 1.11 bits per heavy atom. The highest BCUT2D eigenvalue weighted by atomic mass is 35.5. The molecule has 0 radical (unpaired) electrons. The summed E-state index contributed by atoms with van der Waals surface area (Å²) in [4.78, 5) is 13.9. The third kappa shape index (κ3) is 3.47. The molecule has 0 spiro atoms. The molecule has 0 aliphatic heterocycles. The van der Waals surface area contributed by atoms with Crippen LogP contribution in [0.25, 0.3) is 0 Å². The van der Waals surface area contributed by atoms with Gasteiger partial charge in [0.2, 0.25) is 5.88 Å². The molecule has 0 bridgehead atoms. The van der Waals surface area contributed by atoms with E-state index in [0.717, 1.165) is 12.1 Å². The van der Waals surface area contributed by atoms with E-state index in [9.17, 15) is 10.1 Å². The molecule has 2 aromatic rings. The lowest BCUT2D eigenvalue weighted by atomic mass is 10.3. The fraction of sp³-hybridized carbons (Fsp3) is 0. The lowest BCUT2D eigenvalue weighted by Gasteiger charge is -2.06. The molecule has 0 atom stereocenters. The van der Waals surface area contributed by atoms with Crippen molar-refractivity contribution in [3.8, 4) is 11.6 Å². The maximum atomic E-state index is 10.7. The zero-order chi connectivity index (χ0) is 14.0. The van der Waals surface area contributed by atoms with Gasteiger partial charge >= 0.3 is 0 Å². The molecular formula is C11H5Cl3N2O3. The van der Waals surface area contributed by atoms with Gasteiger partial charge in [0.25, 0.3) is 5.69 Å². The fourth-order valence-electron chi connectivity index (χ4n) is 1.28. The van der Waals surface area contributed by atoms with Crippen LogP contribution in [0.4, 0.5) is 5.69 Å². The predicted octanol–water partition coefficient (Wildman–Crippen LogP) is 4.74. The average molecular weight is 320 g/mol. The van der Waals surface area contributed by atoms with Gasteiger partial charge in [-0.05, 0) is 12.1 Å². The number of hydrogen-bond acceptors (Lipinski definition) is 4. The highest BCUT2D eigenvalue weighted by Crippen LogP contribution is 2.30. The van der Waals surface area contributed by atoms with Crippen LogP contribution in [0, 0.1) is 10.1 Å². The molecule has 19 heavy (non-hydrogen) atoms. The first kappa shape index (κ1) is 13.9. The van der Waals surface area contributed by atoms with Crippen molar-refractivity contribution >= 4 is 40.5 Å². The summed E-state index contributed by atoms with van der Waals surface area (Å²) in [6.07, 6.45) is 0. The zero-order valence-electron chi connectivity index (χ0n) is 9.14. The number of ether oxygens (including phenoxy) is 1. The Kier molecular flexibility index (Phi) is 4.09. The molecule has 0 fully saturated rings. The molecule has 0 saturated carbocycles. The summed E-state index contributed by atoms with van der Waals surface area (Å²) in [7, 11) is 0. The smallest absolute Gasteiger partial charge is 0.277 e. The lowest BCUT2D eigenvalue weighted by Crippen LogP contribution is -1.93. The molecule has 0 unspecified atom stereocenters. The van der Waals surface area contributed by atoms with Gasteiger partial charge in [-0.3, -0.25) is 10.1 Å². The van der Waals surface area contributed by atoms with Crippen LogP contribution >= 0.6 is 34.8 Å². The van der Waals surface area contributed by atoms with Crippen molar-refractivity contribution in [2.24, 2.45) is 0 Å². The predicted molar refractivity (Wildman–Crippen MR) is 72.4 cm³/mol. The molecule has 0 N–H and O–H groups in total. The summed E-state index contributed by atoms with van der Waals surface area (Å²) in [6, 6.07) is 6.86. The van der Waals surface area contributed by atoms with Crippen molar-refractivity contribution in [1.82, 2.24) is 4.98 Å². The quantitative estimate of drug-likeness (QED) is 0.465. The van der Waals surface area contributed by atoms with Crippen molar-refractivity contribution in [1.29, 1.82) is 0 Å². The van der Waals surface area contributed by atoms with Crippen LogP contribution in [-0.2, 0) is 0 Å². The topological polar surface area (TPSA) is 65.3 Å². The van der Waals surface area contributed by atoms with Crippen LogP contribution in [0.1, 0.15) is 0 Å². The average Bonchev–Trinajstić information content (AvgIpc) is 2.33. The third-order valence-electron chi connectivity index (χ3n) is 2.08. The van der Waals surface area contributed by atoms with Crippen LogP contribution in [0.15, 0.2) is 30.3 Å². The van der Waals surface area contributed by atoms with Gasteiger partial charge in [0, 0.05) is 6.07 Å². The molecule has 0 saturated heterocycles. The maximum Gasteiger partial charge on any atom is 0.277 e. The summed E-state index contributed by atoms with van der Waals surface area (Å²) in [5.74, 6) is 0.344. The minimum Gasteiger partial charge on any atom is -0.439 e. The number of benzene rings is 1. The number of halogens is 3. The molecule has 0 aliphatic carbocycles. The van der Waals surface area contributed by atoms with Crippen LogP contribution in [0.5, 0.6) is 11.6 Å². The van der Waals surface area contributed by atoms with Crippen LogP contribution in [-0.4, -0.2) is 9.91 Å². The van der Waals surface area contributed by atoms with Gasteiger partial charge in [0.1, 0.15) is 10.9 Å². The van der Waals surface area contributed by atoms with Gasteiger partial charge in [-0.15, -0.1) is 0 Å². The van der Waals surface area contributed by atoms with E-state index in [1.165, 1.54) is 12.1 Å². The summed E-state index contributed by atoms with van der Waals surface area (Å²) >= 11 is 17.3. The molecule has 1 aromatic carbocycles. The van der Waals surface area contributed by atoms with Crippen LogP contribution in [0.3, 0.4) is 0 Å². The van der Waals surface area contributed by atoms with Crippen molar-refractivity contribution in [3.63, 3.8) is 0 Å². The van der Waals surface area contributed by atoms with Gasteiger partial charge in [0.15, 0.2) is 0 Å². The molecule has 0 aliphatic rings. The van der Waals surface area contributed by atoms with Gasteiger partial charge in [-0.2, -0.15) is 0 Å². The van der Waals surface area contributed by atoms with E-state index < -0.39 is 4.92 Å². The molecule has 0 amide bonds. The largest absolute Gasteiger partial charge is 0.439 e. The van der Waals surface area contributed by atoms with E-state index in [0.29, 0.717) is 15.8 Å². The Bertz CT molecular complexity index is 649. The molecule has 8 heteroatoms. The number of nitrogens with zero attached hydrogens (tertiary/aromatic N) is 2. The van der Waals surface area contributed by atoms with Crippen LogP contribution < -0.4 is 4.74 Å². The summed E-state index contributed by atoms with van der Waals surface area (Å²) < 4.78 is 5.34. The maximum absolute atomic E-state index is 10.7. The van der Waals surface area contributed by atoms with Crippen molar-refractivity contribution in [2.75, 3.05) is 0 Å². The van der Waals surface area contributed by atoms with E-state index >= 15 is 0 Å². The van der Waals surface area contributed by atoms with E-state index in [-0.39, 0.29) is 16.7 Å². The first-order chi connectivity index (χ1) is 8.95. The van der Waals surface area contributed by atoms with E-state index in [1.807, 2.05) is 0 Å². The SMILES string of the molecule is O=[N+]([O-])c1cc(Cl)nc(Oc2ccc(Cl)c(Cl)c2)c1. The second kappa shape index (κ2) is 5.61. The van der Waals surface area contributed by atoms with E-state index in [1.54, 1.807) is 6.07 Å². The zero-order valence-corrected chi connectivity index (χ0v) is 11.4. The summed E-state index contributed by atoms with van der Waals surface area (Å²) in [6.45, 7) is 0. The molecule has 5 nitrogen and oxygen atoms in total. The van der Waals surface area contributed by atoms with Crippen molar-refractivity contribution in [2.45, 2.75) is 0 Å². The number of pyridine rings is 1. The summed E-state index contributed by atoms with van der Waals surface area (Å²) in [5.41, 5.74) is -0.213. The highest BCUT2D eigenvalue weighted by molar-refractivity contribution is 6.42. The molecular weight excluding hydrogens is 314 g/mol. The fourth-order valence-corrected chi connectivity index (χ4v) is 1.76. The minimum absolute atomic E-state index is 0.00223. The van der Waals surface area contributed by atoms with E-state index in [2.05, 4.69) is 4.98 Å². The van der Waals surface area contributed by atoms with Gasteiger partial charge < -0.3 is 4.74 Å². The monoisotopic (exact) mass is 318 g/mol. The second-order valence-corrected chi connectivity index (χ2v) is 4.62. The number of nitro groups is 1.